The lowest BCUT2D eigenvalue weighted by Crippen LogP contribution is -2.09. The van der Waals surface area contributed by atoms with Crippen LogP contribution in [0.3, 0.4) is 0 Å². The lowest BCUT2D eigenvalue weighted by molar-refractivity contribution is 0.170. The molecule has 2 heterocycles. The first-order valence-electron chi connectivity index (χ1n) is 5.92. The van der Waals surface area contributed by atoms with E-state index in [2.05, 4.69) is 10.1 Å². The van der Waals surface area contributed by atoms with Gasteiger partial charge in [0, 0.05) is 30.4 Å². The summed E-state index contributed by atoms with van der Waals surface area (Å²) in [4.78, 5) is 3.67. The SMILES string of the molecule is CCn1nc(C)cc1CC(O)c1ccncc1F. The van der Waals surface area contributed by atoms with E-state index in [1.165, 1.54) is 12.3 Å². The molecule has 1 N–H and O–H groups in total. The smallest absolute Gasteiger partial charge is 0.147 e. The van der Waals surface area contributed by atoms with Crippen LogP contribution in [0.5, 0.6) is 0 Å². The fraction of sp³-hybridized carbons (Fsp3) is 0.385. The van der Waals surface area contributed by atoms with E-state index in [9.17, 15) is 9.50 Å². The summed E-state index contributed by atoms with van der Waals surface area (Å²) in [6.07, 6.45) is 2.05. The molecule has 0 saturated heterocycles. The molecular weight excluding hydrogens is 233 g/mol. The van der Waals surface area contributed by atoms with E-state index < -0.39 is 11.9 Å². The zero-order valence-electron chi connectivity index (χ0n) is 10.5. The monoisotopic (exact) mass is 249 g/mol. The predicted molar refractivity (Wildman–Crippen MR) is 65.5 cm³/mol. The molecule has 1 atom stereocenters. The third kappa shape index (κ3) is 2.56. The third-order valence-corrected chi connectivity index (χ3v) is 2.85. The second kappa shape index (κ2) is 5.27. The van der Waals surface area contributed by atoms with Crippen molar-refractivity contribution in [2.24, 2.45) is 0 Å². The molecule has 0 radical (unpaired) electrons. The van der Waals surface area contributed by atoms with Crippen molar-refractivity contribution in [1.82, 2.24) is 14.8 Å². The third-order valence-electron chi connectivity index (χ3n) is 2.85. The Balaban J connectivity index is 2.21. The van der Waals surface area contributed by atoms with Gasteiger partial charge in [-0.2, -0.15) is 5.10 Å². The fourth-order valence-electron chi connectivity index (χ4n) is 2.00. The van der Waals surface area contributed by atoms with E-state index in [4.69, 9.17) is 0 Å². The van der Waals surface area contributed by atoms with Crippen LogP contribution in [0.2, 0.25) is 0 Å². The van der Waals surface area contributed by atoms with Gasteiger partial charge in [-0.25, -0.2) is 4.39 Å². The predicted octanol–water partition coefficient (Wildman–Crippen LogP) is 2.02. The van der Waals surface area contributed by atoms with Crippen molar-refractivity contribution < 1.29 is 9.50 Å². The van der Waals surface area contributed by atoms with Crippen molar-refractivity contribution in [3.8, 4) is 0 Å². The Morgan fingerprint density at radius 3 is 2.94 bits per heavy atom. The van der Waals surface area contributed by atoms with Gasteiger partial charge in [-0.05, 0) is 26.0 Å². The Kier molecular flexibility index (Phi) is 3.72. The van der Waals surface area contributed by atoms with Crippen LogP contribution in [-0.2, 0) is 13.0 Å². The summed E-state index contributed by atoms with van der Waals surface area (Å²) in [6.45, 7) is 4.61. The second-order valence-corrected chi connectivity index (χ2v) is 4.21. The Bertz CT molecular complexity index is 539. The molecule has 2 aromatic rings. The average molecular weight is 249 g/mol. The fourth-order valence-corrected chi connectivity index (χ4v) is 2.00. The van der Waals surface area contributed by atoms with Crippen LogP contribution in [-0.4, -0.2) is 19.9 Å². The Morgan fingerprint density at radius 1 is 1.50 bits per heavy atom. The molecule has 0 fully saturated rings. The summed E-state index contributed by atoms with van der Waals surface area (Å²) in [5.74, 6) is -0.482. The largest absolute Gasteiger partial charge is 0.388 e. The molecule has 0 aliphatic carbocycles. The van der Waals surface area contributed by atoms with E-state index in [0.29, 0.717) is 6.42 Å². The van der Waals surface area contributed by atoms with E-state index in [1.807, 2.05) is 24.6 Å². The number of hydrogen-bond acceptors (Lipinski definition) is 3. The molecule has 1 unspecified atom stereocenters. The van der Waals surface area contributed by atoms with Crippen LogP contribution in [0.25, 0.3) is 0 Å². The number of pyridine rings is 1. The first-order valence-corrected chi connectivity index (χ1v) is 5.92. The number of aromatic nitrogens is 3. The number of aliphatic hydroxyl groups excluding tert-OH is 1. The van der Waals surface area contributed by atoms with Gasteiger partial charge in [-0.3, -0.25) is 9.67 Å². The molecule has 18 heavy (non-hydrogen) atoms. The van der Waals surface area contributed by atoms with E-state index in [-0.39, 0.29) is 5.56 Å². The minimum absolute atomic E-state index is 0.270. The van der Waals surface area contributed by atoms with Crippen LogP contribution in [0.1, 0.15) is 30.0 Å². The van der Waals surface area contributed by atoms with Crippen LogP contribution in [0.4, 0.5) is 4.39 Å². The summed E-state index contributed by atoms with van der Waals surface area (Å²) in [7, 11) is 0. The zero-order chi connectivity index (χ0) is 13.1. The van der Waals surface area contributed by atoms with Gasteiger partial charge < -0.3 is 5.11 Å². The van der Waals surface area contributed by atoms with E-state index in [0.717, 1.165) is 24.1 Å². The molecule has 2 aromatic heterocycles. The maximum atomic E-state index is 13.5. The second-order valence-electron chi connectivity index (χ2n) is 4.21. The minimum atomic E-state index is -0.880. The topological polar surface area (TPSA) is 50.9 Å². The molecule has 0 spiro atoms. The molecular formula is C13H16FN3O. The highest BCUT2D eigenvalue weighted by atomic mass is 19.1. The summed E-state index contributed by atoms with van der Waals surface area (Å²) in [6, 6.07) is 3.41. The Labute approximate surface area is 105 Å². The Hall–Kier alpha value is -1.75. The van der Waals surface area contributed by atoms with Crippen LogP contribution in [0, 0.1) is 12.7 Å². The maximum absolute atomic E-state index is 13.5. The summed E-state index contributed by atoms with van der Waals surface area (Å²) in [5.41, 5.74) is 2.07. The van der Waals surface area contributed by atoms with Gasteiger partial charge in [0.15, 0.2) is 0 Å². The van der Waals surface area contributed by atoms with Crippen molar-refractivity contribution in [1.29, 1.82) is 0 Å². The van der Waals surface area contributed by atoms with Crippen molar-refractivity contribution in [2.75, 3.05) is 0 Å². The minimum Gasteiger partial charge on any atom is -0.388 e. The maximum Gasteiger partial charge on any atom is 0.147 e. The molecule has 96 valence electrons. The molecule has 0 aliphatic rings. The van der Waals surface area contributed by atoms with Gasteiger partial charge in [0.05, 0.1) is 18.0 Å². The number of halogens is 1. The number of nitrogens with zero attached hydrogens (tertiary/aromatic N) is 3. The number of hydrogen-bond donors (Lipinski definition) is 1. The molecule has 4 nitrogen and oxygen atoms in total. The van der Waals surface area contributed by atoms with Crippen molar-refractivity contribution >= 4 is 0 Å². The quantitative estimate of drug-likeness (QED) is 0.902. The normalized spacial score (nSPS) is 12.7. The molecule has 0 bridgehead atoms. The summed E-state index contributed by atoms with van der Waals surface area (Å²) < 4.78 is 15.3. The molecule has 0 saturated carbocycles. The highest BCUT2D eigenvalue weighted by Gasteiger charge is 2.16. The molecule has 0 aliphatic heterocycles. The summed E-state index contributed by atoms with van der Waals surface area (Å²) in [5, 5.41) is 14.4. The number of aryl methyl sites for hydroxylation is 2. The van der Waals surface area contributed by atoms with E-state index >= 15 is 0 Å². The highest BCUT2D eigenvalue weighted by Crippen LogP contribution is 2.20. The lowest BCUT2D eigenvalue weighted by atomic mass is 10.1. The summed E-state index contributed by atoms with van der Waals surface area (Å²) >= 11 is 0. The highest BCUT2D eigenvalue weighted by molar-refractivity contribution is 5.19. The average Bonchev–Trinajstić information content (AvgIpc) is 2.70. The lowest BCUT2D eigenvalue weighted by Gasteiger charge is -2.12. The molecule has 2 rings (SSSR count). The first-order chi connectivity index (χ1) is 8.61. The van der Waals surface area contributed by atoms with Crippen molar-refractivity contribution in [3.05, 3.63) is 47.3 Å². The standard InChI is InChI=1S/C13H16FN3O/c1-3-17-10(6-9(2)16-17)7-13(18)11-4-5-15-8-12(11)14/h4-6,8,13,18H,3,7H2,1-2H3. The first kappa shape index (κ1) is 12.7. The molecule has 0 amide bonds. The zero-order valence-corrected chi connectivity index (χ0v) is 10.5. The molecule has 5 heteroatoms. The van der Waals surface area contributed by atoms with Crippen LogP contribution >= 0.6 is 0 Å². The molecule has 0 aromatic carbocycles. The van der Waals surface area contributed by atoms with Gasteiger partial charge in [-0.15, -0.1) is 0 Å². The van der Waals surface area contributed by atoms with Crippen molar-refractivity contribution in [3.63, 3.8) is 0 Å². The van der Waals surface area contributed by atoms with Gasteiger partial charge >= 0.3 is 0 Å². The van der Waals surface area contributed by atoms with Gasteiger partial charge in [-0.1, -0.05) is 0 Å². The van der Waals surface area contributed by atoms with Crippen LogP contribution < -0.4 is 0 Å². The number of rotatable bonds is 4. The number of aliphatic hydroxyl groups is 1. The van der Waals surface area contributed by atoms with E-state index in [1.54, 1.807) is 0 Å². The van der Waals surface area contributed by atoms with Gasteiger partial charge in [0.25, 0.3) is 0 Å². The van der Waals surface area contributed by atoms with Crippen LogP contribution in [0.15, 0.2) is 24.5 Å². The Morgan fingerprint density at radius 2 is 2.28 bits per heavy atom. The van der Waals surface area contributed by atoms with Gasteiger partial charge in [0.1, 0.15) is 5.82 Å². The van der Waals surface area contributed by atoms with Crippen molar-refractivity contribution in [2.45, 2.75) is 32.9 Å². The van der Waals surface area contributed by atoms with Gasteiger partial charge in [0.2, 0.25) is 0 Å².